The summed E-state index contributed by atoms with van der Waals surface area (Å²) in [7, 11) is -1.51. The number of hydrogen-bond donors (Lipinski definition) is 0. The first-order chi connectivity index (χ1) is 6.08. The smallest absolute Gasteiger partial charge is 0.278 e. The van der Waals surface area contributed by atoms with Crippen molar-refractivity contribution in [2.24, 2.45) is 5.16 Å². The van der Waals surface area contributed by atoms with Crippen molar-refractivity contribution < 1.29 is 4.53 Å². The molecule has 13 heavy (non-hydrogen) atoms. The zero-order valence-corrected chi connectivity index (χ0v) is 9.32. The summed E-state index contributed by atoms with van der Waals surface area (Å²) in [6, 6.07) is 9.94. The molecule has 0 saturated heterocycles. The van der Waals surface area contributed by atoms with Crippen molar-refractivity contribution in [3.63, 3.8) is 0 Å². The average Bonchev–Trinajstić information content (AvgIpc) is 2.04. The van der Waals surface area contributed by atoms with Crippen molar-refractivity contribution >= 4 is 14.5 Å². The summed E-state index contributed by atoms with van der Waals surface area (Å²) < 4.78 is 5.34. The Hall–Kier alpha value is -1.09. The molecule has 70 valence electrons. The van der Waals surface area contributed by atoms with Gasteiger partial charge in [-0.3, -0.25) is 0 Å². The largest absolute Gasteiger partial charge is 0.456 e. The van der Waals surface area contributed by atoms with Gasteiger partial charge in [0.1, 0.15) is 0 Å². The van der Waals surface area contributed by atoms with Gasteiger partial charge >= 0.3 is 0 Å². The predicted octanol–water partition coefficient (Wildman–Crippen LogP) is 2.87. The summed E-state index contributed by atoms with van der Waals surface area (Å²) >= 11 is 0. The number of rotatable bonds is 3. The maximum absolute atomic E-state index is 5.34. The molecule has 0 unspecified atom stereocenters. The zero-order valence-electron chi connectivity index (χ0n) is 8.32. The Bertz CT molecular complexity index is 277. The van der Waals surface area contributed by atoms with Crippen LogP contribution in [0, 0.1) is 0 Å². The minimum absolute atomic E-state index is 1.07. The Kier molecular flexibility index (Phi) is 3.25. The van der Waals surface area contributed by atoms with Gasteiger partial charge in [-0.05, 0) is 25.2 Å². The molecule has 0 N–H and O–H groups in total. The van der Waals surface area contributed by atoms with E-state index in [0.717, 1.165) is 5.56 Å². The van der Waals surface area contributed by atoms with Crippen molar-refractivity contribution in [1.29, 1.82) is 0 Å². The zero-order chi connectivity index (χ0) is 9.73. The molecular formula is C10H15NOSi. The first-order valence-electron chi connectivity index (χ1n) is 4.34. The lowest BCUT2D eigenvalue weighted by molar-refractivity contribution is 0.338. The van der Waals surface area contributed by atoms with E-state index in [1.54, 1.807) is 6.21 Å². The van der Waals surface area contributed by atoms with E-state index in [1.165, 1.54) is 0 Å². The number of benzene rings is 1. The first kappa shape index (κ1) is 9.99. The van der Waals surface area contributed by atoms with E-state index in [-0.39, 0.29) is 0 Å². The fourth-order valence-electron chi connectivity index (χ4n) is 0.784. The summed E-state index contributed by atoms with van der Waals surface area (Å²) in [4.78, 5) is 0. The topological polar surface area (TPSA) is 21.6 Å². The summed E-state index contributed by atoms with van der Waals surface area (Å²) in [6.07, 6.45) is 1.75. The summed E-state index contributed by atoms with van der Waals surface area (Å²) in [5.74, 6) is 0. The SMILES string of the molecule is C[Si](C)(C)O/N=C/c1ccccc1. The lowest BCUT2D eigenvalue weighted by Crippen LogP contribution is -2.22. The molecule has 0 aliphatic carbocycles. The summed E-state index contributed by atoms with van der Waals surface area (Å²) in [5, 5.41) is 3.95. The molecule has 0 saturated carbocycles. The Labute approximate surface area is 80.4 Å². The highest BCUT2D eigenvalue weighted by atomic mass is 28.4. The van der Waals surface area contributed by atoms with Crippen LogP contribution < -0.4 is 0 Å². The number of oxime groups is 1. The van der Waals surface area contributed by atoms with Crippen molar-refractivity contribution in [3.05, 3.63) is 35.9 Å². The fraction of sp³-hybridized carbons (Fsp3) is 0.300. The minimum atomic E-state index is -1.51. The van der Waals surface area contributed by atoms with Crippen molar-refractivity contribution in [2.75, 3.05) is 0 Å². The van der Waals surface area contributed by atoms with E-state index in [0.29, 0.717) is 0 Å². The van der Waals surface area contributed by atoms with Gasteiger partial charge in [-0.25, -0.2) is 0 Å². The van der Waals surface area contributed by atoms with Gasteiger partial charge in [-0.2, -0.15) is 0 Å². The highest BCUT2D eigenvalue weighted by Crippen LogP contribution is 2.02. The van der Waals surface area contributed by atoms with Crippen LogP contribution in [0.1, 0.15) is 5.56 Å². The highest BCUT2D eigenvalue weighted by molar-refractivity contribution is 6.69. The standard InChI is InChI=1S/C10H15NOSi/c1-13(2,3)12-11-9-10-7-5-4-6-8-10/h4-9H,1-3H3/b11-9+. The van der Waals surface area contributed by atoms with Gasteiger partial charge in [0.05, 0.1) is 6.21 Å². The molecule has 2 nitrogen and oxygen atoms in total. The molecule has 0 amide bonds. The minimum Gasteiger partial charge on any atom is -0.456 e. The molecule has 0 aliphatic rings. The second kappa shape index (κ2) is 4.23. The van der Waals surface area contributed by atoms with E-state index in [4.69, 9.17) is 4.53 Å². The molecule has 1 aromatic rings. The van der Waals surface area contributed by atoms with Gasteiger partial charge in [-0.1, -0.05) is 30.3 Å². The number of hydrogen-bond acceptors (Lipinski definition) is 2. The fourth-order valence-corrected chi connectivity index (χ4v) is 1.15. The molecule has 0 bridgehead atoms. The van der Waals surface area contributed by atoms with Gasteiger partial charge in [0.25, 0.3) is 8.32 Å². The Balaban J connectivity index is 2.51. The number of nitrogens with zero attached hydrogens (tertiary/aromatic N) is 1. The third-order valence-electron chi connectivity index (χ3n) is 1.33. The van der Waals surface area contributed by atoms with Gasteiger partial charge in [0.15, 0.2) is 0 Å². The van der Waals surface area contributed by atoms with Gasteiger partial charge in [0, 0.05) is 0 Å². The van der Waals surface area contributed by atoms with Crippen molar-refractivity contribution in [1.82, 2.24) is 0 Å². The van der Waals surface area contributed by atoms with Crippen LogP contribution in [0.2, 0.25) is 19.6 Å². The normalized spacial score (nSPS) is 11.9. The summed E-state index contributed by atoms with van der Waals surface area (Å²) in [6.45, 7) is 6.32. The lowest BCUT2D eigenvalue weighted by atomic mass is 10.2. The molecule has 3 heteroatoms. The van der Waals surface area contributed by atoms with Crippen LogP contribution >= 0.6 is 0 Å². The molecule has 0 heterocycles. The molecule has 0 spiro atoms. The molecule has 0 aromatic heterocycles. The molecule has 0 atom stereocenters. The van der Waals surface area contributed by atoms with Gasteiger partial charge < -0.3 is 4.53 Å². The van der Waals surface area contributed by atoms with Gasteiger partial charge in [-0.15, -0.1) is 5.16 Å². The Morgan fingerprint density at radius 1 is 1.15 bits per heavy atom. The van der Waals surface area contributed by atoms with Crippen molar-refractivity contribution in [2.45, 2.75) is 19.6 Å². The van der Waals surface area contributed by atoms with Crippen LogP contribution in [0.4, 0.5) is 0 Å². The van der Waals surface area contributed by atoms with Crippen LogP contribution in [0.15, 0.2) is 35.5 Å². The third kappa shape index (κ3) is 4.47. The molecule has 0 fully saturated rings. The Morgan fingerprint density at radius 3 is 2.31 bits per heavy atom. The first-order valence-corrected chi connectivity index (χ1v) is 7.75. The van der Waals surface area contributed by atoms with E-state index in [1.807, 2.05) is 30.3 Å². The predicted molar refractivity (Wildman–Crippen MR) is 58.5 cm³/mol. The van der Waals surface area contributed by atoms with Crippen LogP contribution in [-0.4, -0.2) is 14.5 Å². The second-order valence-corrected chi connectivity index (χ2v) is 8.26. The third-order valence-corrected chi connectivity index (χ3v) is 1.98. The molecular weight excluding hydrogens is 178 g/mol. The van der Waals surface area contributed by atoms with Crippen LogP contribution in [0.5, 0.6) is 0 Å². The van der Waals surface area contributed by atoms with Gasteiger partial charge in [0.2, 0.25) is 0 Å². The van der Waals surface area contributed by atoms with E-state index >= 15 is 0 Å². The van der Waals surface area contributed by atoms with Crippen LogP contribution in [0.25, 0.3) is 0 Å². The molecule has 1 rings (SSSR count). The summed E-state index contributed by atoms with van der Waals surface area (Å²) in [5.41, 5.74) is 1.07. The maximum atomic E-state index is 5.34. The Morgan fingerprint density at radius 2 is 1.77 bits per heavy atom. The van der Waals surface area contributed by atoms with Crippen molar-refractivity contribution in [3.8, 4) is 0 Å². The van der Waals surface area contributed by atoms with Crippen LogP contribution in [0.3, 0.4) is 0 Å². The molecule has 0 aliphatic heterocycles. The van der Waals surface area contributed by atoms with Crippen LogP contribution in [-0.2, 0) is 4.53 Å². The monoisotopic (exact) mass is 193 g/mol. The van der Waals surface area contributed by atoms with E-state index < -0.39 is 8.32 Å². The average molecular weight is 193 g/mol. The van der Waals surface area contributed by atoms with E-state index in [9.17, 15) is 0 Å². The lowest BCUT2D eigenvalue weighted by Gasteiger charge is -2.11. The maximum Gasteiger partial charge on any atom is 0.278 e. The highest BCUT2D eigenvalue weighted by Gasteiger charge is 2.14. The van der Waals surface area contributed by atoms with E-state index in [2.05, 4.69) is 24.8 Å². The second-order valence-electron chi connectivity index (χ2n) is 3.85. The molecule has 0 radical (unpaired) electrons. The molecule has 1 aromatic carbocycles. The quantitative estimate of drug-likeness (QED) is 0.411.